The van der Waals surface area contributed by atoms with Crippen LogP contribution >= 0.6 is 0 Å². The molecule has 0 fully saturated rings. The van der Waals surface area contributed by atoms with Crippen LogP contribution in [0.3, 0.4) is 0 Å². The number of ether oxygens (including phenoxy) is 3. The minimum atomic E-state index is -0.631. The largest absolute Gasteiger partial charge is 0.485 e. The summed E-state index contributed by atoms with van der Waals surface area (Å²) in [5.41, 5.74) is 1.30. The zero-order chi connectivity index (χ0) is 31.4. The summed E-state index contributed by atoms with van der Waals surface area (Å²) in [6, 6.07) is 13.6. The number of likely N-dealkylation sites (N-methyl/N-ethyl adjacent to an activating group) is 1. The molecular formula is C31H34FN5O7. The molecule has 3 atom stereocenters. The third-order valence-corrected chi connectivity index (χ3v) is 7.47. The summed E-state index contributed by atoms with van der Waals surface area (Å²) in [6.07, 6.45) is -0.620. The molecule has 0 radical (unpaired) electrons. The lowest BCUT2D eigenvalue weighted by Gasteiger charge is -2.38. The highest BCUT2D eigenvalue weighted by Gasteiger charge is 2.35. The van der Waals surface area contributed by atoms with Crippen molar-refractivity contribution < 1.29 is 38.1 Å². The second-order valence-corrected chi connectivity index (χ2v) is 10.8. The Morgan fingerprint density at radius 2 is 1.77 bits per heavy atom. The van der Waals surface area contributed by atoms with E-state index in [9.17, 15) is 23.9 Å². The Labute approximate surface area is 253 Å². The Morgan fingerprint density at radius 1 is 1.05 bits per heavy atom. The van der Waals surface area contributed by atoms with E-state index >= 15 is 0 Å². The normalized spacial score (nSPS) is 17.8. The quantitative estimate of drug-likeness (QED) is 0.308. The maximum atomic E-state index is 13.7. The fourth-order valence-corrected chi connectivity index (χ4v) is 4.92. The van der Waals surface area contributed by atoms with Crippen molar-refractivity contribution >= 4 is 35.0 Å². The number of hydrogen-bond donors (Lipinski definition) is 4. The molecule has 12 nitrogen and oxygen atoms in total. The first-order chi connectivity index (χ1) is 21.1. The number of amides is 5. The van der Waals surface area contributed by atoms with Gasteiger partial charge in [0.2, 0.25) is 6.79 Å². The number of para-hydroxylation sites is 1. The molecule has 0 unspecified atom stereocenters. The van der Waals surface area contributed by atoms with Gasteiger partial charge in [0, 0.05) is 37.0 Å². The number of benzene rings is 3. The number of anilines is 3. The van der Waals surface area contributed by atoms with Crippen LogP contribution in [0.4, 0.5) is 31.0 Å². The van der Waals surface area contributed by atoms with Crippen LogP contribution in [0.2, 0.25) is 0 Å². The molecular weight excluding hydrogens is 573 g/mol. The number of nitrogens with one attached hydrogen (secondary N) is 3. The number of halogens is 1. The second kappa shape index (κ2) is 13.1. The monoisotopic (exact) mass is 607 g/mol. The fraction of sp³-hybridized carbons (Fsp3) is 0.323. The van der Waals surface area contributed by atoms with Gasteiger partial charge in [-0.2, -0.15) is 0 Å². The molecule has 0 saturated heterocycles. The number of urea groups is 2. The van der Waals surface area contributed by atoms with Gasteiger partial charge < -0.3 is 45.1 Å². The highest BCUT2D eigenvalue weighted by atomic mass is 19.1. The topological polar surface area (TPSA) is 142 Å². The lowest BCUT2D eigenvalue weighted by Crippen LogP contribution is -2.50. The maximum absolute atomic E-state index is 13.7. The number of carbonyl (C=O) groups excluding carboxylic acids is 3. The predicted molar refractivity (Wildman–Crippen MR) is 161 cm³/mol. The van der Waals surface area contributed by atoms with Crippen LogP contribution in [-0.2, 0) is 0 Å². The molecule has 5 rings (SSSR count). The molecule has 13 heteroatoms. The van der Waals surface area contributed by atoms with Crippen molar-refractivity contribution in [3.8, 4) is 17.2 Å². The number of hydrogen-bond acceptors (Lipinski definition) is 7. The van der Waals surface area contributed by atoms with E-state index in [1.807, 2.05) is 6.92 Å². The van der Waals surface area contributed by atoms with Crippen molar-refractivity contribution in [1.82, 2.24) is 9.80 Å². The average Bonchev–Trinajstić information content (AvgIpc) is 3.48. The molecule has 0 spiro atoms. The van der Waals surface area contributed by atoms with E-state index in [-0.39, 0.29) is 55.3 Å². The number of carbonyl (C=O) groups is 3. The molecule has 3 aromatic rings. The van der Waals surface area contributed by atoms with Gasteiger partial charge in [0.05, 0.1) is 30.4 Å². The predicted octanol–water partition coefficient (Wildman–Crippen LogP) is 4.58. The van der Waals surface area contributed by atoms with Gasteiger partial charge in [0.1, 0.15) is 11.9 Å². The molecule has 2 aliphatic heterocycles. The molecule has 0 bridgehead atoms. The number of aliphatic hydroxyl groups is 1. The summed E-state index contributed by atoms with van der Waals surface area (Å²) < 4.78 is 30.5. The molecule has 0 aliphatic carbocycles. The van der Waals surface area contributed by atoms with Gasteiger partial charge in [-0.05, 0) is 55.5 Å². The van der Waals surface area contributed by atoms with Crippen molar-refractivity contribution in [3.63, 3.8) is 0 Å². The fourth-order valence-electron chi connectivity index (χ4n) is 4.92. The first kappa shape index (κ1) is 30.4. The molecule has 2 aliphatic rings. The highest BCUT2D eigenvalue weighted by molar-refractivity contribution is 6.04. The first-order valence-electron chi connectivity index (χ1n) is 14.1. The molecule has 44 heavy (non-hydrogen) atoms. The number of aliphatic hydroxyl groups excluding tert-OH is 1. The van der Waals surface area contributed by atoms with Gasteiger partial charge in [-0.25, -0.2) is 14.0 Å². The van der Waals surface area contributed by atoms with Gasteiger partial charge in [-0.1, -0.05) is 13.0 Å². The number of nitrogens with zero attached hydrogens (tertiary/aromatic N) is 2. The van der Waals surface area contributed by atoms with E-state index in [0.717, 1.165) is 0 Å². The summed E-state index contributed by atoms with van der Waals surface area (Å²) in [6.45, 7) is 3.87. The number of fused-ring (bicyclic) bond motifs is 2. The molecule has 0 saturated carbocycles. The van der Waals surface area contributed by atoms with E-state index in [0.29, 0.717) is 22.9 Å². The van der Waals surface area contributed by atoms with Crippen LogP contribution in [-0.4, -0.2) is 78.6 Å². The van der Waals surface area contributed by atoms with Crippen LogP contribution in [0, 0.1) is 11.7 Å². The summed E-state index contributed by atoms with van der Waals surface area (Å²) in [5, 5.41) is 18.1. The van der Waals surface area contributed by atoms with Crippen LogP contribution in [0.15, 0.2) is 60.7 Å². The molecule has 5 amide bonds. The van der Waals surface area contributed by atoms with Gasteiger partial charge >= 0.3 is 12.1 Å². The first-order valence-corrected chi connectivity index (χ1v) is 14.1. The summed E-state index contributed by atoms with van der Waals surface area (Å²) >= 11 is 0. The Hall–Kier alpha value is -5.04. The summed E-state index contributed by atoms with van der Waals surface area (Å²) in [7, 11) is 1.62. The molecule has 4 N–H and O–H groups in total. The summed E-state index contributed by atoms with van der Waals surface area (Å²) in [5.74, 6) is 0.155. The van der Waals surface area contributed by atoms with E-state index < -0.39 is 30.0 Å². The van der Waals surface area contributed by atoms with Crippen molar-refractivity contribution in [2.45, 2.75) is 26.0 Å². The number of rotatable bonds is 7. The van der Waals surface area contributed by atoms with Gasteiger partial charge in [-0.15, -0.1) is 0 Å². The van der Waals surface area contributed by atoms with Gasteiger partial charge in [-0.3, -0.25) is 4.79 Å². The third kappa shape index (κ3) is 6.78. The standard InChI is InChI=1S/C31H34FN5O7/c1-18-14-37(19(2)16-38)29(39)23-5-4-6-24(35-30(40)33-21-9-7-20(32)8-10-21)28(23)44-27(18)15-36(3)31(41)34-22-11-12-25-26(13-22)43-17-42-25/h4-13,18-19,27,38H,14-17H2,1-3H3,(H,34,41)(H2,33,35,40)/t18-,19+,27+/m1/s1. The van der Waals surface area contributed by atoms with Crippen LogP contribution in [0.5, 0.6) is 17.2 Å². The van der Waals surface area contributed by atoms with E-state index in [2.05, 4.69) is 16.0 Å². The molecule has 0 aromatic heterocycles. The minimum Gasteiger partial charge on any atom is -0.485 e. The lowest BCUT2D eigenvalue weighted by molar-refractivity contribution is 0.0373. The van der Waals surface area contributed by atoms with Gasteiger partial charge in [0.25, 0.3) is 5.91 Å². The van der Waals surface area contributed by atoms with Crippen molar-refractivity contribution in [1.29, 1.82) is 0 Å². The SMILES string of the molecule is C[C@@H]1CN([C@@H](C)CO)C(=O)c2cccc(NC(=O)Nc3ccc(F)cc3)c2O[C@H]1CN(C)C(=O)Nc1ccc2c(c1)OCO2. The van der Waals surface area contributed by atoms with Crippen molar-refractivity contribution in [2.75, 3.05) is 49.5 Å². The van der Waals surface area contributed by atoms with Crippen molar-refractivity contribution in [3.05, 3.63) is 72.0 Å². The summed E-state index contributed by atoms with van der Waals surface area (Å²) in [4.78, 5) is 42.8. The van der Waals surface area contributed by atoms with Gasteiger partial charge in [0.15, 0.2) is 17.2 Å². The smallest absolute Gasteiger partial charge is 0.323 e. The lowest BCUT2D eigenvalue weighted by atomic mass is 9.99. The zero-order valence-electron chi connectivity index (χ0n) is 24.5. The van der Waals surface area contributed by atoms with E-state index in [1.165, 1.54) is 29.2 Å². The minimum absolute atomic E-state index is 0.115. The van der Waals surface area contributed by atoms with Crippen LogP contribution in [0.1, 0.15) is 24.2 Å². The Bertz CT molecular complexity index is 1540. The third-order valence-electron chi connectivity index (χ3n) is 7.47. The van der Waals surface area contributed by atoms with Crippen LogP contribution in [0.25, 0.3) is 0 Å². The second-order valence-electron chi connectivity index (χ2n) is 10.8. The maximum Gasteiger partial charge on any atom is 0.323 e. The Morgan fingerprint density at radius 3 is 2.52 bits per heavy atom. The van der Waals surface area contributed by atoms with E-state index in [1.54, 1.807) is 55.3 Å². The van der Waals surface area contributed by atoms with Crippen LogP contribution < -0.4 is 30.2 Å². The highest BCUT2D eigenvalue weighted by Crippen LogP contribution is 2.36. The average molecular weight is 608 g/mol. The Balaban J connectivity index is 1.38. The molecule has 232 valence electrons. The Kier molecular flexibility index (Phi) is 9.04. The van der Waals surface area contributed by atoms with E-state index in [4.69, 9.17) is 14.2 Å². The van der Waals surface area contributed by atoms with Crippen molar-refractivity contribution in [2.24, 2.45) is 5.92 Å². The zero-order valence-corrected chi connectivity index (χ0v) is 24.5. The molecule has 2 heterocycles. The molecule has 3 aromatic carbocycles.